The van der Waals surface area contributed by atoms with Gasteiger partial charge in [0.1, 0.15) is 0 Å². The Kier molecular flexibility index (Phi) is 4.69. The minimum absolute atomic E-state index is 0.190. The van der Waals surface area contributed by atoms with Crippen LogP contribution in [0.3, 0.4) is 0 Å². The summed E-state index contributed by atoms with van der Waals surface area (Å²) in [6, 6.07) is 9.90. The lowest BCUT2D eigenvalue weighted by Gasteiger charge is -2.27. The van der Waals surface area contributed by atoms with Crippen LogP contribution in [0, 0.1) is 5.92 Å². The normalized spacial score (nSPS) is 13.1. The molecule has 0 saturated heterocycles. The molecule has 1 rings (SSSR count). The van der Waals surface area contributed by atoms with Crippen LogP contribution < -0.4 is 0 Å². The van der Waals surface area contributed by atoms with Gasteiger partial charge in [0.15, 0.2) is 5.78 Å². The fraction of sp³-hybridized carbons (Fsp3) is 0.500. The van der Waals surface area contributed by atoms with Gasteiger partial charge in [0.05, 0.1) is 6.54 Å². The summed E-state index contributed by atoms with van der Waals surface area (Å²) in [4.78, 5) is 14.1. The van der Waals surface area contributed by atoms with Crippen molar-refractivity contribution in [2.45, 2.75) is 26.8 Å². The average Bonchev–Trinajstić information content (AvgIpc) is 2.28. The molecule has 1 aromatic carbocycles. The van der Waals surface area contributed by atoms with Gasteiger partial charge in [-0.1, -0.05) is 44.2 Å². The summed E-state index contributed by atoms with van der Waals surface area (Å²) in [5.74, 6) is 0.754. The topological polar surface area (TPSA) is 20.3 Å². The van der Waals surface area contributed by atoms with E-state index < -0.39 is 0 Å². The number of likely N-dealkylation sites (N-methyl/N-ethyl adjacent to an activating group) is 1. The summed E-state index contributed by atoms with van der Waals surface area (Å²) in [6.07, 6.45) is 0. The molecule has 0 aliphatic carbocycles. The number of benzene rings is 1. The lowest BCUT2D eigenvalue weighted by molar-refractivity contribution is 0.0907. The molecule has 0 aliphatic heterocycles. The Bertz CT molecular complexity index is 332. The Balaban J connectivity index is 2.59. The number of ketones is 1. The maximum absolute atomic E-state index is 11.9. The van der Waals surface area contributed by atoms with Crippen LogP contribution in [-0.2, 0) is 0 Å². The van der Waals surface area contributed by atoms with E-state index in [-0.39, 0.29) is 5.78 Å². The highest BCUT2D eigenvalue weighted by molar-refractivity contribution is 5.97. The van der Waals surface area contributed by atoms with Gasteiger partial charge in [-0.3, -0.25) is 9.69 Å². The molecule has 1 aromatic rings. The number of Topliss-reactive ketones (excluding diaryl/α,β-unsaturated/α-hetero) is 1. The second-order valence-corrected chi connectivity index (χ2v) is 4.69. The second-order valence-electron chi connectivity index (χ2n) is 4.69. The zero-order chi connectivity index (χ0) is 12.1. The van der Waals surface area contributed by atoms with Crippen LogP contribution in [0.25, 0.3) is 0 Å². The van der Waals surface area contributed by atoms with Crippen LogP contribution in [-0.4, -0.2) is 30.3 Å². The first kappa shape index (κ1) is 12.9. The van der Waals surface area contributed by atoms with Crippen molar-refractivity contribution >= 4 is 5.78 Å². The summed E-state index contributed by atoms with van der Waals surface area (Å²) in [5.41, 5.74) is 0.797. The van der Waals surface area contributed by atoms with Crippen LogP contribution >= 0.6 is 0 Å². The van der Waals surface area contributed by atoms with Crippen molar-refractivity contribution < 1.29 is 4.79 Å². The van der Waals surface area contributed by atoms with Crippen molar-refractivity contribution in [2.24, 2.45) is 5.92 Å². The molecule has 0 radical (unpaired) electrons. The molecular weight excluding hydrogens is 198 g/mol. The van der Waals surface area contributed by atoms with Crippen LogP contribution in [0.1, 0.15) is 31.1 Å². The minimum atomic E-state index is 0.190. The summed E-state index contributed by atoms with van der Waals surface area (Å²) >= 11 is 0. The fourth-order valence-corrected chi connectivity index (χ4v) is 1.59. The van der Waals surface area contributed by atoms with Gasteiger partial charge < -0.3 is 0 Å². The third-order valence-corrected chi connectivity index (χ3v) is 3.15. The van der Waals surface area contributed by atoms with Crippen LogP contribution in [0.4, 0.5) is 0 Å². The third-order valence-electron chi connectivity index (χ3n) is 3.15. The Hall–Kier alpha value is -1.15. The van der Waals surface area contributed by atoms with Gasteiger partial charge in [-0.2, -0.15) is 0 Å². The van der Waals surface area contributed by atoms with E-state index in [0.717, 1.165) is 5.56 Å². The van der Waals surface area contributed by atoms with Gasteiger partial charge in [0.25, 0.3) is 0 Å². The molecule has 1 unspecified atom stereocenters. The predicted molar refractivity (Wildman–Crippen MR) is 67.7 cm³/mol. The van der Waals surface area contributed by atoms with Gasteiger partial charge >= 0.3 is 0 Å². The zero-order valence-electron chi connectivity index (χ0n) is 10.6. The first-order chi connectivity index (χ1) is 7.52. The molecular formula is C14H21NO. The van der Waals surface area contributed by atoms with E-state index in [1.165, 1.54) is 0 Å². The molecule has 0 fully saturated rings. The van der Waals surface area contributed by atoms with E-state index in [1.54, 1.807) is 0 Å². The Morgan fingerprint density at radius 3 is 2.25 bits per heavy atom. The van der Waals surface area contributed by atoms with E-state index in [0.29, 0.717) is 18.5 Å². The van der Waals surface area contributed by atoms with Crippen LogP contribution in [0.2, 0.25) is 0 Å². The van der Waals surface area contributed by atoms with Crippen LogP contribution in [0.5, 0.6) is 0 Å². The Morgan fingerprint density at radius 1 is 1.19 bits per heavy atom. The summed E-state index contributed by atoms with van der Waals surface area (Å²) in [5, 5.41) is 0. The number of hydrogen-bond donors (Lipinski definition) is 0. The van der Waals surface area contributed by atoms with E-state index in [4.69, 9.17) is 0 Å². The number of carbonyl (C=O) groups is 1. The molecule has 0 N–H and O–H groups in total. The van der Waals surface area contributed by atoms with Gasteiger partial charge in [-0.15, -0.1) is 0 Å². The SMILES string of the molecule is CC(C)C(C)N(C)CC(=O)c1ccccc1. The van der Waals surface area contributed by atoms with Crippen LogP contribution in [0.15, 0.2) is 30.3 Å². The van der Waals surface area contributed by atoms with Crippen molar-refractivity contribution in [3.63, 3.8) is 0 Å². The zero-order valence-corrected chi connectivity index (χ0v) is 10.6. The minimum Gasteiger partial charge on any atom is -0.296 e. The van der Waals surface area contributed by atoms with E-state index >= 15 is 0 Å². The predicted octanol–water partition coefficient (Wildman–Crippen LogP) is 2.85. The molecule has 0 aliphatic rings. The molecule has 0 heterocycles. The molecule has 0 bridgehead atoms. The molecule has 2 heteroatoms. The van der Waals surface area contributed by atoms with Crippen molar-refractivity contribution in [3.8, 4) is 0 Å². The highest BCUT2D eigenvalue weighted by Crippen LogP contribution is 2.09. The molecule has 1 atom stereocenters. The molecule has 16 heavy (non-hydrogen) atoms. The molecule has 0 spiro atoms. The fourth-order valence-electron chi connectivity index (χ4n) is 1.59. The number of rotatable bonds is 5. The highest BCUT2D eigenvalue weighted by atomic mass is 16.1. The van der Waals surface area contributed by atoms with E-state index in [9.17, 15) is 4.79 Å². The largest absolute Gasteiger partial charge is 0.296 e. The lowest BCUT2D eigenvalue weighted by Crippen LogP contribution is -2.37. The second kappa shape index (κ2) is 5.80. The Labute approximate surface area is 98.3 Å². The van der Waals surface area contributed by atoms with Gasteiger partial charge in [-0.05, 0) is 19.9 Å². The molecule has 0 saturated carbocycles. The third kappa shape index (κ3) is 3.46. The highest BCUT2D eigenvalue weighted by Gasteiger charge is 2.16. The first-order valence-electron chi connectivity index (χ1n) is 5.81. The maximum Gasteiger partial charge on any atom is 0.176 e. The quantitative estimate of drug-likeness (QED) is 0.710. The van der Waals surface area contributed by atoms with Gasteiger partial charge in [0.2, 0.25) is 0 Å². The molecule has 0 amide bonds. The average molecular weight is 219 g/mol. The molecule has 2 nitrogen and oxygen atoms in total. The van der Waals surface area contributed by atoms with Crippen molar-refractivity contribution in [1.82, 2.24) is 4.90 Å². The molecule has 0 aromatic heterocycles. The van der Waals surface area contributed by atoms with E-state index in [2.05, 4.69) is 25.7 Å². The smallest absolute Gasteiger partial charge is 0.176 e. The van der Waals surface area contributed by atoms with Gasteiger partial charge in [0, 0.05) is 11.6 Å². The van der Waals surface area contributed by atoms with Crippen molar-refractivity contribution in [3.05, 3.63) is 35.9 Å². The van der Waals surface area contributed by atoms with Gasteiger partial charge in [-0.25, -0.2) is 0 Å². The van der Waals surface area contributed by atoms with E-state index in [1.807, 2.05) is 37.4 Å². The van der Waals surface area contributed by atoms with Crippen molar-refractivity contribution in [2.75, 3.05) is 13.6 Å². The first-order valence-corrected chi connectivity index (χ1v) is 5.81. The maximum atomic E-state index is 11.9. The lowest BCUT2D eigenvalue weighted by atomic mass is 10.0. The summed E-state index contributed by atoms with van der Waals surface area (Å²) < 4.78 is 0. The number of hydrogen-bond acceptors (Lipinski definition) is 2. The monoisotopic (exact) mass is 219 g/mol. The summed E-state index contributed by atoms with van der Waals surface area (Å²) in [6.45, 7) is 6.99. The Morgan fingerprint density at radius 2 is 1.75 bits per heavy atom. The molecule has 88 valence electrons. The standard InChI is InChI=1S/C14H21NO/c1-11(2)12(3)15(4)10-14(16)13-8-6-5-7-9-13/h5-9,11-12H,10H2,1-4H3. The van der Waals surface area contributed by atoms with Crippen molar-refractivity contribution in [1.29, 1.82) is 0 Å². The number of carbonyl (C=O) groups excluding carboxylic acids is 1. The number of nitrogens with zero attached hydrogens (tertiary/aromatic N) is 1. The summed E-state index contributed by atoms with van der Waals surface area (Å²) in [7, 11) is 2.01.